The molecule has 0 saturated heterocycles. The van der Waals surface area contributed by atoms with Crippen LogP contribution in [0.4, 0.5) is 10.5 Å². The van der Waals surface area contributed by atoms with Crippen molar-refractivity contribution < 1.29 is 14.3 Å². The molecule has 0 bridgehead atoms. The quantitative estimate of drug-likeness (QED) is 0.634. The second-order valence-electron chi connectivity index (χ2n) is 4.63. The van der Waals surface area contributed by atoms with Crippen LogP contribution in [-0.4, -0.2) is 25.7 Å². The predicted molar refractivity (Wildman–Crippen MR) is 87.4 cm³/mol. The molecule has 0 saturated carbocycles. The van der Waals surface area contributed by atoms with Crippen molar-refractivity contribution in [1.82, 2.24) is 5.32 Å². The van der Waals surface area contributed by atoms with Gasteiger partial charge in [0.1, 0.15) is 4.88 Å². The highest BCUT2D eigenvalue weighted by molar-refractivity contribution is 7.12. The third kappa shape index (κ3) is 4.60. The minimum absolute atomic E-state index is 0.323. The van der Waals surface area contributed by atoms with Gasteiger partial charge in [0.15, 0.2) is 0 Å². The van der Waals surface area contributed by atoms with Crippen LogP contribution in [-0.2, 0) is 11.2 Å². The summed E-state index contributed by atoms with van der Waals surface area (Å²) in [4.78, 5) is 23.7. The first-order chi connectivity index (χ1) is 10.7. The number of urea groups is 1. The molecule has 2 N–H and O–H groups in total. The zero-order valence-corrected chi connectivity index (χ0v) is 13.1. The number of methoxy groups -OCH3 is 1. The second kappa shape index (κ2) is 8.19. The van der Waals surface area contributed by atoms with Crippen molar-refractivity contribution in [2.75, 3.05) is 19.0 Å². The van der Waals surface area contributed by atoms with E-state index in [1.165, 1.54) is 24.0 Å². The van der Waals surface area contributed by atoms with Crippen molar-refractivity contribution in [2.24, 2.45) is 0 Å². The van der Waals surface area contributed by atoms with E-state index in [2.05, 4.69) is 27.5 Å². The summed E-state index contributed by atoms with van der Waals surface area (Å²) in [7, 11) is 1.31. The fourth-order valence-corrected chi connectivity index (χ4v) is 2.73. The zero-order valence-electron chi connectivity index (χ0n) is 12.3. The lowest BCUT2D eigenvalue weighted by Crippen LogP contribution is -2.30. The average Bonchev–Trinajstić information content (AvgIpc) is 3.00. The van der Waals surface area contributed by atoms with Gasteiger partial charge < -0.3 is 15.4 Å². The van der Waals surface area contributed by atoms with Crippen LogP contribution < -0.4 is 10.6 Å². The predicted octanol–water partition coefficient (Wildman–Crippen LogP) is 3.29. The Labute approximate surface area is 133 Å². The molecule has 0 unspecified atom stereocenters. The number of hydrogen-bond acceptors (Lipinski definition) is 4. The fraction of sp³-hybridized carbons (Fsp3) is 0.250. The van der Waals surface area contributed by atoms with Crippen LogP contribution in [0.1, 0.15) is 21.7 Å². The van der Waals surface area contributed by atoms with E-state index in [-0.39, 0.29) is 6.03 Å². The standard InChI is InChI=1S/C16H18N2O3S/c1-21-15(19)14-13(9-11-22-14)18-16(20)17-10-5-8-12-6-3-2-4-7-12/h2-4,6-7,9,11H,5,8,10H2,1H3,(H2,17,18,20). The number of thiophene rings is 1. The molecular weight excluding hydrogens is 300 g/mol. The van der Waals surface area contributed by atoms with Crippen LogP contribution in [0.2, 0.25) is 0 Å². The molecule has 6 heteroatoms. The molecule has 0 spiro atoms. The van der Waals surface area contributed by atoms with E-state index in [1.54, 1.807) is 11.4 Å². The lowest BCUT2D eigenvalue weighted by atomic mass is 10.1. The largest absolute Gasteiger partial charge is 0.465 e. The Kier molecular flexibility index (Phi) is 5.97. The topological polar surface area (TPSA) is 67.4 Å². The van der Waals surface area contributed by atoms with Gasteiger partial charge in [0.2, 0.25) is 0 Å². The Balaban J connectivity index is 1.74. The lowest BCUT2D eigenvalue weighted by Gasteiger charge is -2.08. The lowest BCUT2D eigenvalue weighted by molar-refractivity contribution is 0.0607. The van der Waals surface area contributed by atoms with Gasteiger partial charge in [0.25, 0.3) is 0 Å². The third-order valence-electron chi connectivity index (χ3n) is 3.05. The number of carbonyl (C=O) groups excluding carboxylic acids is 2. The first kappa shape index (κ1) is 16.0. The van der Waals surface area contributed by atoms with Gasteiger partial charge in [-0.05, 0) is 29.9 Å². The number of esters is 1. The van der Waals surface area contributed by atoms with E-state index in [9.17, 15) is 9.59 Å². The van der Waals surface area contributed by atoms with Crippen LogP contribution in [0, 0.1) is 0 Å². The van der Waals surface area contributed by atoms with Gasteiger partial charge in [-0.1, -0.05) is 30.3 Å². The summed E-state index contributed by atoms with van der Waals surface area (Å²) in [6.07, 6.45) is 1.76. The third-order valence-corrected chi connectivity index (χ3v) is 3.95. The molecule has 2 rings (SSSR count). The summed E-state index contributed by atoms with van der Waals surface area (Å²) < 4.78 is 4.66. The monoisotopic (exact) mass is 318 g/mol. The van der Waals surface area contributed by atoms with Gasteiger partial charge in [0.05, 0.1) is 12.8 Å². The van der Waals surface area contributed by atoms with Gasteiger partial charge in [0, 0.05) is 6.54 Å². The van der Waals surface area contributed by atoms with Crippen molar-refractivity contribution in [2.45, 2.75) is 12.8 Å². The number of anilines is 1. The van der Waals surface area contributed by atoms with Gasteiger partial charge >= 0.3 is 12.0 Å². The van der Waals surface area contributed by atoms with Gasteiger partial charge in [-0.25, -0.2) is 9.59 Å². The normalized spacial score (nSPS) is 10.0. The Morgan fingerprint density at radius 2 is 1.95 bits per heavy atom. The summed E-state index contributed by atoms with van der Waals surface area (Å²) in [5.41, 5.74) is 1.72. The maximum atomic E-state index is 11.8. The Hall–Kier alpha value is -2.34. The maximum absolute atomic E-state index is 11.8. The fourth-order valence-electron chi connectivity index (χ4n) is 1.96. The first-order valence-corrected chi connectivity index (χ1v) is 7.83. The molecule has 2 aromatic rings. The molecule has 5 nitrogen and oxygen atoms in total. The van der Waals surface area contributed by atoms with Crippen LogP contribution >= 0.6 is 11.3 Å². The molecule has 0 atom stereocenters. The number of aryl methyl sites for hydroxylation is 1. The Morgan fingerprint density at radius 3 is 2.68 bits per heavy atom. The van der Waals surface area contributed by atoms with E-state index >= 15 is 0 Å². The van der Waals surface area contributed by atoms with Crippen LogP contribution in [0.25, 0.3) is 0 Å². The van der Waals surface area contributed by atoms with Crippen molar-refractivity contribution >= 4 is 29.0 Å². The minimum Gasteiger partial charge on any atom is -0.465 e. The molecule has 0 aliphatic carbocycles. The highest BCUT2D eigenvalue weighted by Gasteiger charge is 2.15. The number of nitrogens with one attached hydrogen (secondary N) is 2. The molecule has 0 fully saturated rings. The first-order valence-electron chi connectivity index (χ1n) is 6.95. The van der Waals surface area contributed by atoms with E-state index in [4.69, 9.17) is 0 Å². The van der Waals surface area contributed by atoms with E-state index in [0.717, 1.165) is 12.8 Å². The minimum atomic E-state index is -0.450. The van der Waals surface area contributed by atoms with Gasteiger partial charge in [-0.3, -0.25) is 0 Å². The van der Waals surface area contributed by atoms with Crippen molar-refractivity contribution in [3.05, 3.63) is 52.2 Å². The smallest absolute Gasteiger partial charge is 0.350 e. The summed E-state index contributed by atoms with van der Waals surface area (Å²) in [5, 5.41) is 7.18. The SMILES string of the molecule is COC(=O)c1sccc1NC(=O)NCCCc1ccccc1. The number of hydrogen-bond donors (Lipinski definition) is 2. The van der Waals surface area contributed by atoms with Gasteiger partial charge in [-0.2, -0.15) is 0 Å². The molecule has 0 aliphatic rings. The Morgan fingerprint density at radius 1 is 1.18 bits per heavy atom. The molecule has 1 aromatic heterocycles. The average molecular weight is 318 g/mol. The summed E-state index contributed by atoms with van der Waals surface area (Å²) in [5.74, 6) is -0.450. The number of carbonyl (C=O) groups is 2. The van der Waals surface area contributed by atoms with Crippen LogP contribution in [0.15, 0.2) is 41.8 Å². The molecule has 2 amide bonds. The zero-order chi connectivity index (χ0) is 15.8. The molecular formula is C16H18N2O3S. The highest BCUT2D eigenvalue weighted by atomic mass is 32.1. The molecule has 0 radical (unpaired) electrons. The van der Waals surface area contributed by atoms with Crippen LogP contribution in [0.5, 0.6) is 0 Å². The number of benzene rings is 1. The van der Waals surface area contributed by atoms with Crippen molar-refractivity contribution in [1.29, 1.82) is 0 Å². The molecule has 1 aromatic carbocycles. The summed E-state index contributed by atoms with van der Waals surface area (Å²) in [6, 6.07) is 11.5. The summed E-state index contributed by atoms with van der Waals surface area (Å²) >= 11 is 1.23. The van der Waals surface area contributed by atoms with Gasteiger partial charge in [-0.15, -0.1) is 11.3 Å². The van der Waals surface area contributed by atoms with Crippen molar-refractivity contribution in [3.8, 4) is 0 Å². The van der Waals surface area contributed by atoms with Crippen LogP contribution in [0.3, 0.4) is 0 Å². The molecule has 0 aliphatic heterocycles. The van der Waals surface area contributed by atoms with Crippen molar-refractivity contribution in [3.63, 3.8) is 0 Å². The van der Waals surface area contributed by atoms with E-state index in [1.807, 2.05) is 18.2 Å². The highest BCUT2D eigenvalue weighted by Crippen LogP contribution is 2.22. The maximum Gasteiger partial charge on any atom is 0.350 e. The van der Waals surface area contributed by atoms with E-state index in [0.29, 0.717) is 17.1 Å². The second-order valence-corrected chi connectivity index (χ2v) is 5.54. The number of ether oxygens (including phenoxy) is 1. The van der Waals surface area contributed by atoms with E-state index < -0.39 is 5.97 Å². The molecule has 1 heterocycles. The number of rotatable bonds is 6. The Bertz CT molecular complexity index is 625. The molecule has 22 heavy (non-hydrogen) atoms. The molecule has 116 valence electrons. The number of amides is 2. The summed E-state index contributed by atoms with van der Waals surface area (Å²) in [6.45, 7) is 0.568.